The van der Waals surface area contributed by atoms with Crippen LogP contribution in [-0.2, 0) is 7.05 Å². The largest absolute Gasteiger partial charge is 0.212 e. The van der Waals surface area contributed by atoms with E-state index in [2.05, 4.69) is 0 Å². The lowest BCUT2D eigenvalue weighted by Crippen LogP contribution is -2.30. The smallest absolute Gasteiger partial charge is 0.201 e. The van der Waals surface area contributed by atoms with Crippen LogP contribution in [0.3, 0.4) is 0 Å². The molecule has 0 bridgehead atoms. The maximum atomic E-state index is 8.28. The fourth-order valence-electron chi connectivity index (χ4n) is 2.38. The first-order valence-corrected chi connectivity index (χ1v) is 6.62. The van der Waals surface area contributed by atoms with Crippen LogP contribution in [0.2, 0.25) is 0 Å². The van der Waals surface area contributed by atoms with Crippen LogP contribution in [0, 0.1) is 13.8 Å². The number of pyridine rings is 1. The molecule has 104 valence electrons. The van der Waals surface area contributed by atoms with Gasteiger partial charge in [-0.2, -0.15) is 0 Å². The molecule has 3 rings (SSSR count). The van der Waals surface area contributed by atoms with Gasteiger partial charge in [-0.15, -0.1) is 0 Å². The Morgan fingerprint density at radius 2 is 1.81 bits per heavy atom. The van der Waals surface area contributed by atoms with Gasteiger partial charge in [-0.05, 0) is 48.2 Å². The Kier molecular flexibility index (Phi) is 1.85. The molecule has 0 aliphatic heterocycles. The van der Waals surface area contributed by atoms with Crippen LogP contribution in [0.15, 0.2) is 66.7 Å². The molecule has 3 aromatic rings. The first-order chi connectivity index (χ1) is 13.4. The van der Waals surface area contributed by atoms with Crippen molar-refractivity contribution in [2.24, 2.45) is 7.05 Å². The van der Waals surface area contributed by atoms with Crippen molar-refractivity contribution in [1.29, 1.82) is 0 Å². The minimum absolute atomic E-state index is 0.0455. The number of nitrogens with zero attached hydrogens (tertiary/aromatic N) is 1. The van der Waals surface area contributed by atoms with Crippen molar-refractivity contribution in [3.8, 4) is 22.4 Å². The zero-order chi connectivity index (χ0) is 21.7. The van der Waals surface area contributed by atoms with E-state index in [0.29, 0.717) is 5.56 Å². The normalized spacial score (nSPS) is 16.7. The van der Waals surface area contributed by atoms with Crippen LogP contribution >= 0.6 is 0 Å². The molecule has 0 radical (unpaired) electrons. The van der Waals surface area contributed by atoms with Crippen molar-refractivity contribution < 1.29 is 15.5 Å². The molecule has 2 aromatic carbocycles. The molecule has 0 fully saturated rings. The summed E-state index contributed by atoms with van der Waals surface area (Å²) in [6.07, 6.45) is 1.86. The molecule has 1 heteroatoms. The number of hydrogen-bond acceptors (Lipinski definition) is 0. The first-order valence-electron chi connectivity index (χ1n) is 10.6. The molecule has 0 aliphatic rings. The second-order valence-corrected chi connectivity index (χ2v) is 4.91. The van der Waals surface area contributed by atoms with Gasteiger partial charge in [-0.25, -0.2) is 4.57 Å². The van der Waals surface area contributed by atoms with Crippen molar-refractivity contribution in [3.63, 3.8) is 0 Å². The van der Waals surface area contributed by atoms with E-state index in [9.17, 15) is 0 Å². The Hall–Kier alpha value is -2.41. The molecule has 0 unspecified atom stereocenters. The van der Waals surface area contributed by atoms with E-state index < -0.39 is 37.1 Å². The summed E-state index contributed by atoms with van der Waals surface area (Å²) in [6, 6.07) is 6.38. The van der Waals surface area contributed by atoms with E-state index in [-0.39, 0.29) is 16.7 Å². The van der Waals surface area contributed by atoms with Crippen molar-refractivity contribution in [2.45, 2.75) is 13.8 Å². The van der Waals surface area contributed by atoms with E-state index in [1.807, 2.05) is 36.0 Å². The Labute approximate surface area is 137 Å². The Bertz CT molecular complexity index is 1090. The zero-order valence-electron chi connectivity index (χ0n) is 19.9. The average molecular weight is 282 g/mol. The fourth-order valence-corrected chi connectivity index (χ4v) is 2.38. The van der Waals surface area contributed by atoms with E-state index in [0.717, 1.165) is 11.3 Å². The van der Waals surface area contributed by atoms with Crippen LogP contribution in [-0.4, -0.2) is 0 Å². The minimum atomic E-state index is -2.51. The third kappa shape index (κ3) is 2.59. The summed E-state index contributed by atoms with van der Waals surface area (Å²) in [5, 5.41) is 0. The average Bonchev–Trinajstić information content (AvgIpc) is 2.65. The van der Waals surface area contributed by atoms with Gasteiger partial charge < -0.3 is 0 Å². The van der Waals surface area contributed by atoms with Crippen LogP contribution in [0.4, 0.5) is 0 Å². The van der Waals surface area contributed by atoms with Crippen molar-refractivity contribution >= 4 is 0 Å². The third-order valence-electron chi connectivity index (χ3n) is 3.46. The van der Waals surface area contributed by atoms with E-state index in [4.69, 9.17) is 11.0 Å². The third-order valence-corrected chi connectivity index (χ3v) is 3.46. The molecule has 0 atom stereocenters. The van der Waals surface area contributed by atoms with Crippen molar-refractivity contribution in [2.75, 3.05) is 0 Å². The summed E-state index contributed by atoms with van der Waals surface area (Å²) in [4.78, 5) is 0. The number of hydrogen-bond donors (Lipinski definition) is 0. The monoisotopic (exact) mass is 282 g/mol. The fraction of sp³-hybridized carbons (Fsp3) is 0.150. The molecule has 0 aliphatic carbocycles. The Balaban J connectivity index is 2.46. The van der Waals surface area contributed by atoms with Crippen LogP contribution in [0.5, 0.6) is 0 Å². The summed E-state index contributed by atoms with van der Waals surface area (Å²) in [6.45, 7) is -0.719. The lowest BCUT2D eigenvalue weighted by atomic mass is 9.93. The highest BCUT2D eigenvalue weighted by atomic mass is 14.9. The van der Waals surface area contributed by atoms with E-state index in [1.165, 1.54) is 6.07 Å². The second kappa shape index (κ2) is 5.53. The van der Waals surface area contributed by atoms with Gasteiger partial charge in [0.1, 0.15) is 7.05 Å². The summed E-state index contributed by atoms with van der Waals surface area (Å²) in [7, 11) is 1.86. The predicted octanol–water partition coefficient (Wildman–Crippen LogP) is 4.46. The summed E-state index contributed by atoms with van der Waals surface area (Å²) in [5.74, 6) is 0. The van der Waals surface area contributed by atoms with Gasteiger partial charge in [0.2, 0.25) is 5.69 Å². The van der Waals surface area contributed by atoms with Crippen molar-refractivity contribution in [1.82, 2.24) is 0 Å². The molecular formula is C20H20N+. The van der Waals surface area contributed by atoms with E-state index in [1.54, 1.807) is 13.0 Å². The van der Waals surface area contributed by atoms with Gasteiger partial charge >= 0.3 is 0 Å². The lowest BCUT2D eigenvalue weighted by molar-refractivity contribution is -0.660. The highest BCUT2D eigenvalue weighted by Crippen LogP contribution is 2.30. The van der Waals surface area contributed by atoms with Gasteiger partial charge in [0.05, 0.1) is 6.85 Å². The molecule has 1 nitrogen and oxygen atoms in total. The molecular weight excluding hydrogens is 254 g/mol. The van der Waals surface area contributed by atoms with Gasteiger partial charge in [0.25, 0.3) is 0 Å². The number of benzene rings is 2. The van der Waals surface area contributed by atoms with Gasteiger partial charge in [-0.1, -0.05) is 36.3 Å². The summed E-state index contributed by atoms with van der Waals surface area (Å²) in [5.41, 5.74) is 2.22. The van der Waals surface area contributed by atoms with Gasteiger partial charge in [-0.3, -0.25) is 0 Å². The molecule has 0 spiro atoms. The number of rotatable bonds is 2. The van der Waals surface area contributed by atoms with Gasteiger partial charge in [0.15, 0.2) is 6.20 Å². The van der Waals surface area contributed by atoms with Gasteiger partial charge in [0, 0.05) is 21.8 Å². The standard InChI is InChI=1S/C20H20N/c1-15-13-16(2)19(20-11-7-8-12-21(20)3)14-18(15)17-9-5-4-6-10-17/h4-14H,1-3H3/q+1/i1D3,4D,5D,6D,9D,10D. The molecule has 1 heterocycles. The maximum Gasteiger partial charge on any atom is 0.212 e. The van der Waals surface area contributed by atoms with Crippen LogP contribution in [0.25, 0.3) is 22.4 Å². The molecule has 0 amide bonds. The highest BCUT2D eigenvalue weighted by Gasteiger charge is 2.14. The van der Waals surface area contributed by atoms with Crippen LogP contribution < -0.4 is 4.57 Å². The zero-order valence-corrected chi connectivity index (χ0v) is 11.9. The highest BCUT2D eigenvalue weighted by molar-refractivity contribution is 5.75. The molecule has 21 heavy (non-hydrogen) atoms. The van der Waals surface area contributed by atoms with Crippen LogP contribution in [0.1, 0.15) is 22.1 Å². The quantitative estimate of drug-likeness (QED) is 0.611. The first kappa shape index (κ1) is 7.04. The SMILES string of the molecule is [2H]c1c([2H])c([2H])c(-c2cc(-c3cccc[n+]3C)c(C)cc2C([2H])([2H])[2H])c([2H])c1[2H]. The topological polar surface area (TPSA) is 3.88 Å². The predicted molar refractivity (Wildman–Crippen MR) is 88.0 cm³/mol. The Morgan fingerprint density at radius 3 is 2.52 bits per heavy atom. The van der Waals surface area contributed by atoms with Crippen molar-refractivity contribution in [3.05, 3.63) is 77.9 Å². The summed E-state index contributed by atoms with van der Waals surface area (Å²) < 4.78 is 66.0. The lowest BCUT2D eigenvalue weighted by Gasteiger charge is -2.11. The second-order valence-electron chi connectivity index (χ2n) is 4.91. The molecule has 0 saturated carbocycles. The molecule has 0 saturated heterocycles. The van der Waals surface area contributed by atoms with E-state index >= 15 is 0 Å². The summed E-state index contributed by atoms with van der Waals surface area (Å²) >= 11 is 0. The maximum absolute atomic E-state index is 8.28. The number of aryl methyl sites for hydroxylation is 3. The number of aromatic nitrogens is 1. The minimum Gasteiger partial charge on any atom is -0.201 e. The Morgan fingerprint density at radius 1 is 1.00 bits per heavy atom. The molecule has 1 aromatic heterocycles. The molecule has 0 N–H and O–H groups in total.